The van der Waals surface area contributed by atoms with Gasteiger partial charge in [-0.05, 0) is 43.9 Å². The number of rotatable bonds is 2. The van der Waals surface area contributed by atoms with Crippen molar-refractivity contribution in [3.8, 4) is 0 Å². The quantitative estimate of drug-likeness (QED) is 0.837. The fourth-order valence-corrected chi connectivity index (χ4v) is 4.22. The first-order chi connectivity index (χ1) is 8.89. The van der Waals surface area contributed by atoms with Crippen molar-refractivity contribution in [3.05, 3.63) is 0 Å². The van der Waals surface area contributed by atoms with E-state index < -0.39 is 0 Å². The van der Waals surface area contributed by atoms with Gasteiger partial charge in [0.15, 0.2) is 0 Å². The molecule has 2 fully saturated rings. The maximum Gasteiger partial charge on any atom is 0.0674 e. The zero-order valence-electron chi connectivity index (χ0n) is 13.2. The second kappa shape index (κ2) is 5.71. The van der Waals surface area contributed by atoms with E-state index in [1.54, 1.807) is 0 Å². The first-order valence-corrected chi connectivity index (χ1v) is 7.96. The summed E-state index contributed by atoms with van der Waals surface area (Å²) in [7, 11) is 0. The van der Waals surface area contributed by atoms with Crippen LogP contribution in [-0.2, 0) is 4.74 Å². The van der Waals surface area contributed by atoms with E-state index >= 15 is 0 Å². The molecule has 3 atom stereocenters. The molecule has 3 heteroatoms. The zero-order valence-corrected chi connectivity index (χ0v) is 13.2. The fraction of sp³-hybridized carbons (Fsp3) is 1.00. The molecule has 1 aliphatic carbocycles. The highest BCUT2D eigenvalue weighted by molar-refractivity contribution is 5.02. The van der Waals surface area contributed by atoms with Crippen molar-refractivity contribution in [2.24, 2.45) is 17.1 Å². The highest BCUT2D eigenvalue weighted by atomic mass is 16.5. The van der Waals surface area contributed by atoms with Crippen LogP contribution in [0.25, 0.3) is 0 Å². The summed E-state index contributed by atoms with van der Waals surface area (Å²) in [6, 6.07) is 0. The van der Waals surface area contributed by atoms with Gasteiger partial charge in [-0.2, -0.15) is 0 Å². The Morgan fingerprint density at radius 1 is 1.26 bits per heavy atom. The van der Waals surface area contributed by atoms with Gasteiger partial charge in [0.2, 0.25) is 0 Å². The van der Waals surface area contributed by atoms with Crippen LogP contribution in [0.15, 0.2) is 0 Å². The van der Waals surface area contributed by atoms with Crippen LogP contribution in [0.4, 0.5) is 0 Å². The van der Waals surface area contributed by atoms with Gasteiger partial charge in [0, 0.05) is 31.8 Å². The van der Waals surface area contributed by atoms with E-state index in [0.29, 0.717) is 17.4 Å². The lowest BCUT2D eigenvalue weighted by Crippen LogP contribution is -2.62. The molecule has 2 rings (SSSR count). The van der Waals surface area contributed by atoms with Crippen molar-refractivity contribution < 1.29 is 4.74 Å². The van der Waals surface area contributed by atoms with Gasteiger partial charge in [-0.15, -0.1) is 0 Å². The summed E-state index contributed by atoms with van der Waals surface area (Å²) in [6.45, 7) is 13.3. The van der Waals surface area contributed by atoms with Gasteiger partial charge >= 0.3 is 0 Å². The minimum absolute atomic E-state index is 0.206. The average Bonchev–Trinajstić information content (AvgIpc) is 2.54. The Morgan fingerprint density at radius 3 is 2.63 bits per heavy atom. The van der Waals surface area contributed by atoms with E-state index in [2.05, 4.69) is 32.6 Å². The summed E-state index contributed by atoms with van der Waals surface area (Å²) in [5.74, 6) is 0.673. The molecule has 112 valence electrons. The van der Waals surface area contributed by atoms with Crippen LogP contribution >= 0.6 is 0 Å². The lowest BCUT2D eigenvalue weighted by Gasteiger charge is -2.54. The monoisotopic (exact) mass is 268 g/mol. The van der Waals surface area contributed by atoms with Crippen LogP contribution < -0.4 is 5.73 Å². The summed E-state index contributed by atoms with van der Waals surface area (Å²) in [5.41, 5.74) is 6.95. The molecule has 0 amide bonds. The smallest absolute Gasteiger partial charge is 0.0674 e. The summed E-state index contributed by atoms with van der Waals surface area (Å²) in [6.07, 6.45) is 5.30. The second-order valence-corrected chi connectivity index (χ2v) is 7.56. The predicted molar refractivity (Wildman–Crippen MR) is 80.2 cm³/mol. The van der Waals surface area contributed by atoms with E-state index in [-0.39, 0.29) is 5.54 Å². The number of hydrogen-bond acceptors (Lipinski definition) is 3. The number of nitrogens with zero attached hydrogens (tertiary/aromatic N) is 1. The van der Waals surface area contributed by atoms with Gasteiger partial charge in [0.05, 0.1) is 6.10 Å². The normalized spacial score (nSPS) is 40.9. The standard InChI is InChI=1S/C16H32N2O/c1-13-10-15(3,4)6-7-16(13,12-17)18-8-5-9-19-14(2)11-18/h13-14H,5-12,17H2,1-4H3. The first kappa shape index (κ1) is 15.3. The molecule has 1 aliphatic heterocycles. The molecule has 0 bridgehead atoms. The van der Waals surface area contributed by atoms with Crippen molar-refractivity contribution in [2.45, 2.75) is 65.0 Å². The average molecular weight is 268 g/mol. The van der Waals surface area contributed by atoms with E-state index in [4.69, 9.17) is 10.5 Å². The molecule has 0 aromatic heterocycles. The van der Waals surface area contributed by atoms with Crippen LogP contribution in [-0.4, -0.2) is 42.8 Å². The molecule has 1 saturated carbocycles. The molecule has 2 N–H and O–H groups in total. The van der Waals surface area contributed by atoms with Gasteiger partial charge < -0.3 is 10.5 Å². The van der Waals surface area contributed by atoms with Crippen LogP contribution in [0.3, 0.4) is 0 Å². The Hall–Kier alpha value is -0.120. The van der Waals surface area contributed by atoms with Crippen LogP contribution in [0.1, 0.15) is 53.4 Å². The van der Waals surface area contributed by atoms with E-state index in [0.717, 1.165) is 32.7 Å². The molecule has 3 nitrogen and oxygen atoms in total. The lowest BCUT2D eigenvalue weighted by molar-refractivity contribution is -0.0336. The second-order valence-electron chi connectivity index (χ2n) is 7.56. The van der Waals surface area contributed by atoms with Crippen molar-refractivity contribution in [2.75, 3.05) is 26.2 Å². The summed E-state index contributed by atoms with van der Waals surface area (Å²) >= 11 is 0. The summed E-state index contributed by atoms with van der Waals surface area (Å²) < 4.78 is 5.81. The molecule has 1 saturated heterocycles. The maximum absolute atomic E-state index is 6.26. The largest absolute Gasteiger partial charge is 0.377 e. The third kappa shape index (κ3) is 3.14. The van der Waals surface area contributed by atoms with Crippen molar-refractivity contribution >= 4 is 0 Å². The van der Waals surface area contributed by atoms with Gasteiger partial charge in [0.1, 0.15) is 0 Å². The molecular formula is C16H32N2O. The van der Waals surface area contributed by atoms with Crippen molar-refractivity contribution in [1.82, 2.24) is 4.90 Å². The minimum atomic E-state index is 0.206. The molecule has 0 aromatic carbocycles. The predicted octanol–water partition coefficient (Wildman–Crippen LogP) is 2.64. The molecule has 0 radical (unpaired) electrons. The Kier molecular flexibility index (Phi) is 4.59. The maximum atomic E-state index is 6.26. The van der Waals surface area contributed by atoms with Crippen molar-refractivity contribution in [3.63, 3.8) is 0 Å². The molecule has 2 aliphatic rings. The van der Waals surface area contributed by atoms with Crippen LogP contribution in [0, 0.1) is 11.3 Å². The number of hydrogen-bond donors (Lipinski definition) is 1. The SMILES string of the molecule is CC1CN(C2(CN)CCC(C)(C)CC2C)CCCO1. The summed E-state index contributed by atoms with van der Waals surface area (Å²) in [5, 5.41) is 0. The molecule has 19 heavy (non-hydrogen) atoms. The Labute approximate surface area is 118 Å². The molecule has 3 unspecified atom stereocenters. The molecule has 0 spiro atoms. The van der Waals surface area contributed by atoms with E-state index in [9.17, 15) is 0 Å². The molecule has 1 heterocycles. The van der Waals surface area contributed by atoms with Gasteiger partial charge in [-0.3, -0.25) is 4.90 Å². The van der Waals surface area contributed by atoms with Crippen molar-refractivity contribution in [1.29, 1.82) is 0 Å². The highest BCUT2D eigenvalue weighted by Crippen LogP contribution is 2.46. The van der Waals surface area contributed by atoms with Gasteiger partial charge in [-0.1, -0.05) is 20.8 Å². The van der Waals surface area contributed by atoms with E-state index in [1.807, 2.05) is 0 Å². The summed E-state index contributed by atoms with van der Waals surface area (Å²) in [4.78, 5) is 2.66. The van der Waals surface area contributed by atoms with Gasteiger partial charge in [0.25, 0.3) is 0 Å². The minimum Gasteiger partial charge on any atom is -0.377 e. The van der Waals surface area contributed by atoms with Crippen LogP contribution in [0.2, 0.25) is 0 Å². The third-order valence-electron chi connectivity index (χ3n) is 5.45. The Morgan fingerprint density at radius 2 is 2.00 bits per heavy atom. The molecular weight excluding hydrogens is 236 g/mol. The Balaban J connectivity index is 2.17. The first-order valence-electron chi connectivity index (χ1n) is 7.96. The topological polar surface area (TPSA) is 38.5 Å². The van der Waals surface area contributed by atoms with Gasteiger partial charge in [-0.25, -0.2) is 0 Å². The van der Waals surface area contributed by atoms with E-state index in [1.165, 1.54) is 19.3 Å². The Bertz CT molecular complexity index is 305. The third-order valence-corrected chi connectivity index (χ3v) is 5.45. The fourth-order valence-electron chi connectivity index (χ4n) is 4.22. The lowest BCUT2D eigenvalue weighted by atomic mass is 9.63. The number of ether oxygens (including phenoxy) is 1. The number of nitrogens with two attached hydrogens (primary N) is 1. The van der Waals surface area contributed by atoms with Crippen LogP contribution in [0.5, 0.6) is 0 Å². The zero-order chi connectivity index (χ0) is 14.1. The highest BCUT2D eigenvalue weighted by Gasteiger charge is 2.47. The molecule has 0 aromatic rings.